The van der Waals surface area contributed by atoms with Crippen LogP contribution in [0.1, 0.15) is 37.7 Å². The van der Waals surface area contributed by atoms with Crippen molar-refractivity contribution in [2.24, 2.45) is 0 Å². The van der Waals surface area contributed by atoms with Crippen LogP contribution >= 0.6 is 15.9 Å². The van der Waals surface area contributed by atoms with Crippen LogP contribution in [0, 0.1) is 23.7 Å². The summed E-state index contributed by atoms with van der Waals surface area (Å²) in [7, 11) is 1.51. The molecule has 0 aromatic heterocycles. The maximum absolute atomic E-state index is 12.5. The number of hydrogen-bond donors (Lipinski definition) is 1. The van der Waals surface area contributed by atoms with Crippen molar-refractivity contribution in [2.75, 3.05) is 13.7 Å². The number of amides is 1. The summed E-state index contributed by atoms with van der Waals surface area (Å²) in [5.74, 6) is 2.88. The lowest BCUT2D eigenvalue weighted by Crippen LogP contribution is -2.36. The largest absolute Gasteiger partial charge is 0.493 e. The predicted octanol–water partition coefficient (Wildman–Crippen LogP) is 3.83. The maximum atomic E-state index is 12.5. The number of nitrogens with one attached hydrogen (secondary N) is 1. The molecule has 136 valence electrons. The number of carbonyl (C=O) groups is 1. The minimum absolute atomic E-state index is 0.0151. The van der Waals surface area contributed by atoms with Gasteiger partial charge in [0.25, 0.3) is 5.91 Å². The second-order valence-corrected chi connectivity index (χ2v) is 6.91. The van der Waals surface area contributed by atoms with Gasteiger partial charge in [0.2, 0.25) is 0 Å². The van der Waals surface area contributed by atoms with E-state index in [2.05, 4.69) is 27.2 Å². The summed E-state index contributed by atoms with van der Waals surface area (Å²) in [5.41, 5.74) is 0.558. The lowest BCUT2D eigenvalue weighted by molar-refractivity contribution is -0.117. The van der Waals surface area contributed by atoms with Gasteiger partial charge >= 0.3 is 0 Å². The van der Waals surface area contributed by atoms with E-state index in [-0.39, 0.29) is 24.1 Å². The highest BCUT2D eigenvalue weighted by atomic mass is 79.9. The molecule has 0 bridgehead atoms. The molecule has 0 aliphatic heterocycles. The van der Waals surface area contributed by atoms with Gasteiger partial charge in [-0.15, -0.1) is 6.42 Å². The van der Waals surface area contributed by atoms with E-state index in [0.717, 1.165) is 30.2 Å². The molecular weight excluding hydrogens is 396 g/mol. The summed E-state index contributed by atoms with van der Waals surface area (Å²) < 4.78 is 11.6. The maximum Gasteiger partial charge on any atom is 0.262 e. The van der Waals surface area contributed by atoms with Crippen LogP contribution in [-0.2, 0) is 4.79 Å². The number of rotatable bonds is 6. The SMILES string of the molecule is C#CCOc1c(/C=C(\C#N)C(=O)NC2CCCCC2)cc(Br)cc1OC. The summed E-state index contributed by atoms with van der Waals surface area (Å²) >= 11 is 3.40. The summed E-state index contributed by atoms with van der Waals surface area (Å²) in [6, 6.07) is 5.59. The van der Waals surface area contributed by atoms with E-state index >= 15 is 0 Å². The standard InChI is InChI=1S/C20H21BrN2O3/c1-3-9-26-19-14(11-16(21)12-18(19)25-2)10-15(13-22)20(24)23-17-7-5-4-6-8-17/h1,10-12,17H,4-9H2,2H3,(H,23,24)/b15-10+. The molecule has 6 heteroatoms. The minimum atomic E-state index is -0.374. The first kappa shape index (κ1) is 19.9. The van der Waals surface area contributed by atoms with Crippen LogP contribution in [0.4, 0.5) is 0 Å². The van der Waals surface area contributed by atoms with E-state index in [1.54, 1.807) is 12.1 Å². The van der Waals surface area contributed by atoms with Gasteiger partial charge in [0, 0.05) is 16.1 Å². The molecular formula is C20H21BrN2O3. The molecule has 1 fully saturated rings. The molecule has 26 heavy (non-hydrogen) atoms. The Bertz CT molecular complexity index is 768. The van der Waals surface area contributed by atoms with Crippen molar-refractivity contribution >= 4 is 27.9 Å². The smallest absolute Gasteiger partial charge is 0.262 e. The number of nitriles is 1. The fourth-order valence-corrected chi connectivity index (χ4v) is 3.38. The highest BCUT2D eigenvalue weighted by molar-refractivity contribution is 9.10. The van der Waals surface area contributed by atoms with Crippen molar-refractivity contribution in [1.29, 1.82) is 5.26 Å². The Morgan fingerprint density at radius 3 is 2.77 bits per heavy atom. The summed E-state index contributed by atoms with van der Waals surface area (Å²) in [4.78, 5) is 12.5. The van der Waals surface area contributed by atoms with E-state index in [1.807, 2.05) is 6.07 Å². The molecule has 1 amide bonds. The summed E-state index contributed by atoms with van der Waals surface area (Å²) in [6.07, 6.45) is 12.1. The molecule has 1 aliphatic rings. The minimum Gasteiger partial charge on any atom is -0.493 e. The Balaban J connectivity index is 2.31. The Hall–Kier alpha value is -2.44. The predicted molar refractivity (Wildman–Crippen MR) is 104 cm³/mol. The zero-order valence-electron chi connectivity index (χ0n) is 14.7. The molecule has 1 N–H and O–H groups in total. The van der Waals surface area contributed by atoms with E-state index < -0.39 is 0 Å². The third-order valence-corrected chi connectivity index (χ3v) is 4.63. The van der Waals surface area contributed by atoms with Gasteiger partial charge in [-0.2, -0.15) is 5.26 Å². The molecule has 0 saturated heterocycles. The number of hydrogen-bond acceptors (Lipinski definition) is 4. The molecule has 5 nitrogen and oxygen atoms in total. The number of terminal acetylenes is 1. The van der Waals surface area contributed by atoms with Gasteiger partial charge in [-0.1, -0.05) is 41.1 Å². The Morgan fingerprint density at radius 1 is 1.42 bits per heavy atom. The fourth-order valence-electron chi connectivity index (χ4n) is 2.93. The first-order valence-electron chi connectivity index (χ1n) is 8.45. The van der Waals surface area contributed by atoms with Crippen LogP contribution in [0.3, 0.4) is 0 Å². The van der Waals surface area contributed by atoms with Crippen LogP contribution in [0.2, 0.25) is 0 Å². The number of ether oxygens (including phenoxy) is 2. The van der Waals surface area contributed by atoms with E-state index in [1.165, 1.54) is 19.6 Å². The lowest BCUT2D eigenvalue weighted by Gasteiger charge is -2.22. The number of nitrogens with zero attached hydrogens (tertiary/aromatic N) is 1. The van der Waals surface area contributed by atoms with Crippen LogP contribution in [0.15, 0.2) is 22.2 Å². The van der Waals surface area contributed by atoms with E-state index in [9.17, 15) is 10.1 Å². The van der Waals surface area contributed by atoms with Crippen LogP contribution in [0.5, 0.6) is 11.5 Å². The quantitative estimate of drug-likeness (QED) is 0.434. The molecule has 0 heterocycles. The van der Waals surface area contributed by atoms with Crippen molar-refractivity contribution in [2.45, 2.75) is 38.1 Å². The number of methoxy groups -OCH3 is 1. The average Bonchev–Trinajstić information content (AvgIpc) is 2.65. The zero-order chi connectivity index (χ0) is 18.9. The van der Waals surface area contributed by atoms with Crippen LogP contribution in [-0.4, -0.2) is 25.7 Å². The Labute approximate surface area is 162 Å². The highest BCUT2D eigenvalue weighted by Gasteiger charge is 2.19. The van der Waals surface area contributed by atoms with Gasteiger partial charge in [0.05, 0.1) is 7.11 Å². The monoisotopic (exact) mass is 416 g/mol. The lowest BCUT2D eigenvalue weighted by atomic mass is 9.95. The van der Waals surface area contributed by atoms with Gasteiger partial charge in [-0.25, -0.2) is 0 Å². The summed E-state index contributed by atoms with van der Waals surface area (Å²) in [5, 5.41) is 12.4. The van der Waals surface area contributed by atoms with Crippen molar-refractivity contribution in [3.63, 3.8) is 0 Å². The van der Waals surface area contributed by atoms with Crippen molar-refractivity contribution < 1.29 is 14.3 Å². The first-order chi connectivity index (χ1) is 12.6. The third-order valence-electron chi connectivity index (χ3n) is 4.17. The zero-order valence-corrected chi connectivity index (χ0v) is 16.3. The van der Waals surface area contributed by atoms with Gasteiger partial charge in [0.1, 0.15) is 18.2 Å². The third kappa shape index (κ3) is 5.28. The van der Waals surface area contributed by atoms with Crippen LogP contribution in [0.25, 0.3) is 6.08 Å². The second kappa shape index (κ2) is 9.89. The average molecular weight is 417 g/mol. The fraction of sp³-hybridized carbons (Fsp3) is 0.400. The Morgan fingerprint density at radius 2 is 2.15 bits per heavy atom. The van der Waals surface area contributed by atoms with E-state index in [0.29, 0.717) is 17.1 Å². The molecule has 0 atom stereocenters. The normalized spacial score (nSPS) is 14.8. The van der Waals surface area contributed by atoms with Crippen molar-refractivity contribution in [1.82, 2.24) is 5.32 Å². The van der Waals surface area contributed by atoms with Crippen molar-refractivity contribution in [3.05, 3.63) is 27.7 Å². The molecule has 1 aromatic carbocycles. The molecule has 0 unspecified atom stereocenters. The van der Waals surface area contributed by atoms with Gasteiger partial charge in [0.15, 0.2) is 11.5 Å². The number of carbonyl (C=O) groups excluding carboxylic acids is 1. The molecule has 1 saturated carbocycles. The molecule has 0 spiro atoms. The highest BCUT2D eigenvalue weighted by Crippen LogP contribution is 2.36. The van der Waals surface area contributed by atoms with Gasteiger partial charge < -0.3 is 14.8 Å². The Kier molecular flexibility index (Phi) is 7.56. The van der Waals surface area contributed by atoms with Crippen molar-refractivity contribution in [3.8, 4) is 29.9 Å². The van der Waals surface area contributed by atoms with E-state index in [4.69, 9.17) is 15.9 Å². The number of halogens is 1. The molecule has 1 aromatic rings. The molecule has 0 radical (unpaired) electrons. The number of benzene rings is 1. The summed E-state index contributed by atoms with van der Waals surface area (Å²) in [6.45, 7) is 0.0506. The first-order valence-corrected chi connectivity index (χ1v) is 9.24. The molecule has 2 rings (SSSR count). The van der Waals surface area contributed by atoms with Crippen LogP contribution < -0.4 is 14.8 Å². The second-order valence-electron chi connectivity index (χ2n) is 6.00. The van der Waals surface area contributed by atoms with Gasteiger partial charge in [-0.3, -0.25) is 4.79 Å². The van der Waals surface area contributed by atoms with Gasteiger partial charge in [-0.05, 0) is 31.1 Å². The topological polar surface area (TPSA) is 71.3 Å². The molecule has 1 aliphatic carbocycles.